The van der Waals surface area contributed by atoms with Crippen LogP contribution >= 0.6 is 11.6 Å². The average Bonchev–Trinajstić information content (AvgIpc) is 2.56. The van der Waals surface area contributed by atoms with Gasteiger partial charge in [-0.25, -0.2) is 9.67 Å². The van der Waals surface area contributed by atoms with Crippen LogP contribution in [0.4, 0.5) is 5.95 Å². The number of nitrogens with zero attached hydrogens (tertiary/aromatic N) is 3. The third-order valence-electron chi connectivity index (χ3n) is 1.92. The first-order valence-corrected chi connectivity index (χ1v) is 4.52. The second-order valence-electron chi connectivity index (χ2n) is 2.87. The van der Waals surface area contributed by atoms with Crippen molar-refractivity contribution in [2.75, 3.05) is 5.73 Å². The second kappa shape index (κ2) is 3.67. The van der Waals surface area contributed by atoms with Crippen molar-refractivity contribution in [1.82, 2.24) is 14.8 Å². The smallest absolute Gasteiger partial charge is 0.218 e. The molecule has 14 heavy (non-hydrogen) atoms. The fourth-order valence-electron chi connectivity index (χ4n) is 1.18. The van der Waals surface area contributed by atoms with Gasteiger partial charge in [0.15, 0.2) is 0 Å². The van der Waals surface area contributed by atoms with Crippen molar-refractivity contribution in [3.63, 3.8) is 0 Å². The van der Waals surface area contributed by atoms with E-state index in [4.69, 9.17) is 17.3 Å². The van der Waals surface area contributed by atoms with Crippen molar-refractivity contribution in [1.29, 1.82) is 0 Å². The molecule has 0 atom stereocenters. The van der Waals surface area contributed by atoms with Crippen molar-refractivity contribution < 1.29 is 0 Å². The molecule has 1 heterocycles. The molecule has 0 saturated heterocycles. The third kappa shape index (κ3) is 1.70. The van der Waals surface area contributed by atoms with E-state index in [-0.39, 0.29) is 0 Å². The van der Waals surface area contributed by atoms with E-state index in [0.29, 0.717) is 17.5 Å². The van der Waals surface area contributed by atoms with E-state index in [9.17, 15) is 0 Å². The van der Waals surface area contributed by atoms with Crippen LogP contribution in [-0.2, 0) is 6.54 Å². The van der Waals surface area contributed by atoms with Gasteiger partial charge in [0.05, 0.1) is 6.54 Å². The molecule has 0 spiro atoms. The summed E-state index contributed by atoms with van der Waals surface area (Å²) in [6.07, 6.45) is 1.42. The molecular weight excluding hydrogens is 200 g/mol. The summed E-state index contributed by atoms with van der Waals surface area (Å²) in [7, 11) is 0. The van der Waals surface area contributed by atoms with E-state index in [1.807, 2.05) is 24.3 Å². The maximum absolute atomic E-state index is 5.99. The van der Waals surface area contributed by atoms with Gasteiger partial charge in [-0.2, -0.15) is 5.10 Å². The standard InChI is InChI=1S/C9H9ClN4/c10-8-4-2-1-3-7(8)5-14-9(11)12-6-13-14/h1-4,6H,5H2,(H2,11,12,13). The maximum Gasteiger partial charge on any atom is 0.218 e. The molecule has 4 nitrogen and oxygen atoms in total. The van der Waals surface area contributed by atoms with Crippen LogP contribution < -0.4 is 5.73 Å². The lowest BCUT2D eigenvalue weighted by atomic mass is 10.2. The molecule has 1 aromatic heterocycles. The molecule has 0 aliphatic rings. The van der Waals surface area contributed by atoms with Crippen molar-refractivity contribution in [3.8, 4) is 0 Å². The zero-order chi connectivity index (χ0) is 9.97. The largest absolute Gasteiger partial charge is 0.368 e. The molecule has 2 N–H and O–H groups in total. The minimum atomic E-state index is 0.393. The van der Waals surface area contributed by atoms with E-state index >= 15 is 0 Å². The van der Waals surface area contributed by atoms with Crippen LogP contribution in [0.15, 0.2) is 30.6 Å². The second-order valence-corrected chi connectivity index (χ2v) is 3.27. The molecule has 0 radical (unpaired) electrons. The van der Waals surface area contributed by atoms with E-state index < -0.39 is 0 Å². The highest BCUT2D eigenvalue weighted by molar-refractivity contribution is 6.31. The highest BCUT2D eigenvalue weighted by atomic mass is 35.5. The normalized spacial score (nSPS) is 10.4. The number of hydrogen-bond donors (Lipinski definition) is 1. The summed E-state index contributed by atoms with van der Waals surface area (Å²) in [6, 6.07) is 7.58. The Morgan fingerprint density at radius 3 is 2.79 bits per heavy atom. The lowest BCUT2D eigenvalue weighted by molar-refractivity contribution is 0.696. The monoisotopic (exact) mass is 208 g/mol. The number of aromatic nitrogens is 3. The predicted molar refractivity (Wildman–Crippen MR) is 55.0 cm³/mol. The molecular formula is C9H9ClN4. The molecule has 1 aromatic carbocycles. The Balaban J connectivity index is 2.28. The van der Waals surface area contributed by atoms with Crippen LogP contribution in [0.5, 0.6) is 0 Å². The van der Waals surface area contributed by atoms with Gasteiger partial charge in [0.2, 0.25) is 5.95 Å². The quantitative estimate of drug-likeness (QED) is 0.815. The van der Waals surface area contributed by atoms with E-state index in [0.717, 1.165) is 5.56 Å². The molecule has 2 aromatic rings. The summed E-state index contributed by atoms with van der Waals surface area (Å²) < 4.78 is 1.60. The van der Waals surface area contributed by atoms with Crippen molar-refractivity contribution in [2.45, 2.75) is 6.54 Å². The van der Waals surface area contributed by atoms with Gasteiger partial charge in [-0.1, -0.05) is 29.8 Å². The van der Waals surface area contributed by atoms with Gasteiger partial charge < -0.3 is 5.73 Å². The summed E-state index contributed by atoms with van der Waals surface area (Å²) in [5.41, 5.74) is 6.56. The summed E-state index contributed by atoms with van der Waals surface area (Å²) >= 11 is 5.99. The van der Waals surface area contributed by atoms with Crippen LogP contribution in [0.25, 0.3) is 0 Å². The van der Waals surface area contributed by atoms with E-state index in [2.05, 4.69) is 10.1 Å². The highest BCUT2D eigenvalue weighted by Crippen LogP contribution is 2.16. The number of halogens is 1. The Kier molecular flexibility index (Phi) is 2.37. The first-order valence-electron chi connectivity index (χ1n) is 4.14. The zero-order valence-corrected chi connectivity index (χ0v) is 8.15. The molecule has 0 fully saturated rings. The minimum absolute atomic E-state index is 0.393. The fraction of sp³-hybridized carbons (Fsp3) is 0.111. The van der Waals surface area contributed by atoms with Gasteiger partial charge in [-0.3, -0.25) is 0 Å². The van der Waals surface area contributed by atoms with Crippen molar-refractivity contribution >= 4 is 17.5 Å². The number of nitrogens with two attached hydrogens (primary N) is 1. The van der Waals surface area contributed by atoms with Crippen LogP contribution in [0.1, 0.15) is 5.56 Å². The number of anilines is 1. The van der Waals surface area contributed by atoms with Gasteiger partial charge in [0.25, 0.3) is 0 Å². The van der Waals surface area contributed by atoms with Gasteiger partial charge in [-0.15, -0.1) is 0 Å². The zero-order valence-electron chi connectivity index (χ0n) is 7.39. The lowest BCUT2D eigenvalue weighted by Crippen LogP contribution is -2.06. The summed E-state index contributed by atoms with van der Waals surface area (Å²) in [5.74, 6) is 0.393. The van der Waals surface area contributed by atoms with E-state index in [1.54, 1.807) is 4.68 Å². The first kappa shape index (κ1) is 9.02. The van der Waals surface area contributed by atoms with E-state index in [1.165, 1.54) is 6.33 Å². The number of hydrogen-bond acceptors (Lipinski definition) is 3. The molecule has 0 aliphatic carbocycles. The van der Waals surface area contributed by atoms with Crippen molar-refractivity contribution in [3.05, 3.63) is 41.2 Å². The Morgan fingerprint density at radius 1 is 1.36 bits per heavy atom. The molecule has 72 valence electrons. The number of benzene rings is 1. The first-order chi connectivity index (χ1) is 6.77. The highest BCUT2D eigenvalue weighted by Gasteiger charge is 2.03. The van der Waals surface area contributed by atoms with Gasteiger partial charge >= 0.3 is 0 Å². The Labute approximate surface area is 86.3 Å². The van der Waals surface area contributed by atoms with Gasteiger partial charge in [0.1, 0.15) is 6.33 Å². The van der Waals surface area contributed by atoms with Crippen molar-refractivity contribution in [2.24, 2.45) is 0 Å². The topological polar surface area (TPSA) is 56.7 Å². The Bertz CT molecular complexity index is 438. The van der Waals surface area contributed by atoms with Crippen LogP contribution in [0.2, 0.25) is 5.02 Å². The SMILES string of the molecule is Nc1ncnn1Cc1ccccc1Cl. The average molecular weight is 209 g/mol. The van der Waals surface area contributed by atoms with Crippen LogP contribution in [-0.4, -0.2) is 14.8 Å². The number of rotatable bonds is 2. The summed E-state index contributed by atoms with van der Waals surface area (Å²) in [5, 5.41) is 4.68. The van der Waals surface area contributed by atoms with Crippen LogP contribution in [0, 0.1) is 0 Å². The maximum atomic E-state index is 5.99. The molecule has 0 unspecified atom stereocenters. The molecule has 5 heteroatoms. The van der Waals surface area contributed by atoms with Crippen LogP contribution in [0.3, 0.4) is 0 Å². The molecule has 0 saturated carbocycles. The molecule has 0 bridgehead atoms. The van der Waals surface area contributed by atoms with Gasteiger partial charge in [0, 0.05) is 5.02 Å². The molecule has 0 amide bonds. The summed E-state index contributed by atoms with van der Waals surface area (Å²) in [4.78, 5) is 3.83. The molecule has 2 rings (SSSR count). The number of nitrogen functional groups attached to an aromatic ring is 1. The Morgan fingerprint density at radius 2 is 2.14 bits per heavy atom. The van der Waals surface area contributed by atoms with Gasteiger partial charge in [-0.05, 0) is 11.6 Å². The third-order valence-corrected chi connectivity index (χ3v) is 2.29. The minimum Gasteiger partial charge on any atom is -0.368 e. The fourth-order valence-corrected chi connectivity index (χ4v) is 1.38. The Hall–Kier alpha value is -1.55. The molecule has 0 aliphatic heterocycles. The predicted octanol–water partition coefficient (Wildman–Crippen LogP) is 1.56. The lowest BCUT2D eigenvalue weighted by Gasteiger charge is -2.04. The summed E-state index contributed by atoms with van der Waals surface area (Å²) in [6.45, 7) is 0.547.